The van der Waals surface area contributed by atoms with Crippen molar-refractivity contribution in [2.45, 2.75) is 19.3 Å². The SMILES string of the molecule is Cl.O=C(c1cccc(-c2cc(C(F)F)c3c(-c4ccccc4)[nH]nc3n2)c1)N1CCCC1. The molecule has 0 spiro atoms. The van der Waals surface area contributed by atoms with Crippen molar-refractivity contribution in [3.05, 3.63) is 71.8 Å². The molecule has 0 bridgehead atoms. The number of rotatable bonds is 4. The second-order valence-electron chi connectivity index (χ2n) is 7.64. The van der Waals surface area contributed by atoms with E-state index in [9.17, 15) is 13.6 Å². The third-order valence-electron chi connectivity index (χ3n) is 5.65. The molecule has 8 heteroatoms. The molecule has 2 aromatic carbocycles. The van der Waals surface area contributed by atoms with Gasteiger partial charge in [0.1, 0.15) is 0 Å². The van der Waals surface area contributed by atoms with E-state index < -0.39 is 6.43 Å². The number of hydrogen-bond acceptors (Lipinski definition) is 3. The lowest BCUT2D eigenvalue weighted by Gasteiger charge is -2.15. The molecule has 1 amide bonds. The summed E-state index contributed by atoms with van der Waals surface area (Å²) < 4.78 is 28.1. The molecule has 5 rings (SSSR count). The van der Waals surface area contributed by atoms with E-state index in [1.807, 2.05) is 35.2 Å². The van der Waals surface area contributed by atoms with Gasteiger partial charge in [0.15, 0.2) is 5.65 Å². The molecule has 4 aromatic rings. The van der Waals surface area contributed by atoms with Gasteiger partial charge >= 0.3 is 0 Å². The van der Waals surface area contributed by atoms with Gasteiger partial charge in [-0.05, 0) is 31.0 Å². The highest BCUT2D eigenvalue weighted by Crippen LogP contribution is 2.36. The molecule has 0 radical (unpaired) electrons. The quantitative estimate of drug-likeness (QED) is 0.418. The van der Waals surface area contributed by atoms with Gasteiger partial charge in [0, 0.05) is 35.3 Å². The summed E-state index contributed by atoms with van der Waals surface area (Å²) in [6.45, 7) is 1.50. The minimum Gasteiger partial charge on any atom is -0.339 e. The smallest absolute Gasteiger partial charge is 0.264 e. The number of benzene rings is 2. The Bertz CT molecular complexity index is 1250. The van der Waals surface area contributed by atoms with E-state index in [-0.39, 0.29) is 29.5 Å². The maximum absolute atomic E-state index is 14.0. The van der Waals surface area contributed by atoms with Crippen LogP contribution in [0.5, 0.6) is 0 Å². The molecule has 164 valence electrons. The van der Waals surface area contributed by atoms with Crippen molar-refractivity contribution in [2.75, 3.05) is 13.1 Å². The first-order chi connectivity index (χ1) is 15.1. The zero-order chi connectivity index (χ0) is 21.4. The van der Waals surface area contributed by atoms with Crippen molar-refractivity contribution in [1.29, 1.82) is 0 Å². The van der Waals surface area contributed by atoms with Gasteiger partial charge in [-0.15, -0.1) is 12.4 Å². The summed E-state index contributed by atoms with van der Waals surface area (Å²) in [5.74, 6) is -0.0411. The van der Waals surface area contributed by atoms with Crippen LogP contribution in [-0.4, -0.2) is 39.1 Å². The van der Waals surface area contributed by atoms with Crippen LogP contribution in [0.25, 0.3) is 33.5 Å². The number of fused-ring (bicyclic) bond motifs is 1. The second kappa shape index (κ2) is 9.04. The summed E-state index contributed by atoms with van der Waals surface area (Å²) in [7, 11) is 0. The van der Waals surface area contributed by atoms with Crippen LogP contribution in [0, 0.1) is 0 Å². The Balaban J connectivity index is 0.00000245. The zero-order valence-electron chi connectivity index (χ0n) is 17.1. The van der Waals surface area contributed by atoms with Crippen molar-refractivity contribution in [1.82, 2.24) is 20.1 Å². The highest BCUT2D eigenvalue weighted by molar-refractivity contribution is 5.97. The van der Waals surface area contributed by atoms with E-state index >= 15 is 0 Å². The van der Waals surface area contributed by atoms with E-state index in [1.54, 1.807) is 24.3 Å². The molecule has 1 saturated heterocycles. The average Bonchev–Trinajstić information content (AvgIpc) is 3.49. The molecule has 32 heavy (non-hydrogen) atoms. The van der Waals surface area contributed by atoms with E-state index in [2.05, 4.69) is 15.2 Å². The van der Waals surface area contributed by atoms with E-state index in [4.69, 9.17) is 0 Å². The fourth-order valence-corrected chi connectivity index (χ4v) is 4.10. The number of carbonyl (C=O) groups excluding carboxylic acids is 1. The maximum atomic E-state index is 14.0. The van der Waals surface area contributed by atoms with Gasteiger partial charge in [-0.1, -0.05) is 42.5 Å². The number of likely N-dealkylation sites (tertiary alicyclic amines) is 1. The van der Waals surface area contributed by atoms with Gasteiger partial charge in [-0.25, -0.2) is 13.8 Å². The van der Waals surface area contributed by atoms with Crippen molar-refractivity contribution in [3.8, 4) is 22.5 Å². The first kappa shape index (κ1) is 21.9. The molecule has 0 saturated carbocycles. The van der Waals surface area contributed by atoms with Gasteiger partial charge in [-0.2, -0.15) is 5.10 Å². The molecular weight excluding hydrogens is 434 g/mol. The van der Waals surface area contributed by atoms with Gasteiger partial charge in [-0.3, -0.25) is 9.89 Å². The van der Waals surface area contributed by atoms with Crippen LogP contribution < -0.4 is 0 Å². The van der Waals surface area contributed by atoms with Crippen LogP contribution >= 0.6 is 12.4 Å². The average molecular weight is 455 g/mol. The summed E-state index contributed by atoms with van der Waals surface area (Å²) in [4.78, 5) is 19.1. The first-order valence-corrected chi connectivity index (χ1v) is 10.2. The largest absolute Gasteiger partial charge is 0.339 e. The number of amides is 1. The van der Waals surface area contributed by atoms with Crippen LogP contribution in [0.4, 0.5) is 8.78 Å². The fraction of sp³-hybridized carbons (Fsp3) is 0.208. The monoisotopic (exact) mass is 454 g/mol. The minimum atomic E-state index is -2.70. The van der Waals surface area contributed by atoms with Crippen molar-refractivity contribution >= 4 is 29.3 Å². The fourth-order valence-electron chi connectivity index (χ4n) is 4.10. The summed E-state index contributed by atoms with van der Waals surface area (Å²) in [5, 5.41) is 7.38. The lowest BCUT2D eigenvalue weighted by molar-refractivity contribution is 0.0793. The molecule has 0 unspecified atom stereocenters. The number of nitrogens with one attached hydrogen (secondary N) is 1. The van der Waals surface area contributed by atoms with E-state index in [1.165, 1.54) is 6.07 Å². The Morgan fingerprint density at radius 3 is 2.41 bits per heavy atom. The molecular formula is C24H21ClF2N4O. The summed E-state index contributed by atoms with van der Waals surface area (Å²) in [6.07, 6.45) is -0.687. The van der Waals surface area contributed by atoms with E-state index in [0.717, 1.165) is 31.5 Å². The maximum Gasteiger partial charge on any atom is 0.264 e. The summed E-state index contributed by atoms with van der Waals surface area (Å²) in [6, 6.07) is 17.6. The number of aromatic nitrogens is 3. The number of hydrogen-bond donors (Lipinski definition) is 1. The first-order valence-electron chi connectivity index (χ1n) is 10.2. The number of alkyl halides is 2. The van der Waals surface area contributed by atoms with Crippen molar-refractivity contribution < 1.29 is 13.6 Å². The Kier molecular flexibility index (Phi) is 6.19. The number of aromatic amines is 1. The van der Waals surface area contributed by atoms with Crippen LogP contribution in [0.1, 0.15) is 35.2 Å². The zero-order valence-corrected chi connectivity index (χ0v) is 17.9. The standard InChI is InChI=1S/C24H20F2N4O.ClH/c25-22(26)18-14-19(16-9-6-10-17(13-16)24(31)30-11-4-5-12-30)27-23-20(18)21(28-29-23)15-7-2-1-3-8-15;/h1-3,6-10,13-14,22H,4-5,11-12H2,(H,27,28,29);1H. The van der Waals surface area contributed by atoms with Crippen LogP contribution in [-0.2, 0) is 0 Å². The van der Waals surface area contributed by atoms with Crippen LogP contribution in [0.15, 0.2) is 60.7 Å². The number of H-pyrrole nitrogens is 1. The van der Waals surface area contributed by atoms with Gasteiger partial charge in [0.25, 0.3) is 12.3 Å². The normalized spacial score (nSPS) is 13.5. The van der Waals surface area contributed by atoms with Crippen molar-refractivity contribution in [3.63, 3.8) is 0 Å². The molecule has 2 aromatic heterocycles. The molecule has 0 aliphatic carbocycles. The van der Waals surface area contributed by atoms with Gasteiger partial charge in [0.05, 0.1) is 16.8 Å². The predicted octanol–water partition coefficient (Wildman–Crippen LogP) is 5.89. The van der Waals surface area contributed by atoms with Crippen LogP contribution in [0.3, 0.4) is 0 Å². The predicted molar refractivity (Wildman–Crippen MR) is 122 cm³/mol. The van der Waals surface area contributed by atoms with E-state index in [0.29, 0.717) is 27.9 Å². The van der Waals surface area contributed by atoms with Gasteiger partial charge < -0.3 is 4.90 Å². The number of carbonyl (C=O) groups is 1. The number of pyridine rings is 1. The minimum absolute atomic E-state index is 0. The summed E-state index contributed by atoms with van der Waals surface area (Å²) in [5.41, 5.74) is 2.88. The third kappa shape index (κ3) is 3.96. The lowest BCUT2D eigenvalue weighted by atomic mass is 10.0. The Hall–Kier alpha value is -3.32. The Labute approximate surface area is 189 Å². The number of halogens is 3. The molecule has 1 aliphatic heterocycles. The second-order valence-corrected chi connectivity index (χ2v) is 7.64. The third-order valence-corrected chi connectivity index (χ3v) is 5.65. The number of nitrogens with zero attached hydrogens (tertiary/aromatic N) is 3. The topological polar surface area (TPSA) is 61.9 Å². The Morgan fingerprint density at radius 1 is 0.969 bits per heavy atom. The summed E-state index contributed by atoms with van der Waals surface area (Å²) >= 11 is 0. The molecule has 0 atom stereocenters. The van der Waals surface area contributed by atoms with Gasteiger partial charge in [0.2, 0.25) is 0 Å². The lowest BCUT2D eigenvalue weighted by Crippen LogP contribution is -2.27. The van der Waals surface area contributed by atoms with Crippen LogP contribution in [0.2, 0.25) is 0 Å². The molecule has 1 N–H and O–H groups in total. The highest BCUT2D eigenvalue weighted by atomic mass is 35.5. The highest BCUT2D eigenvalue weighted by Gasteiger charge is 2.23. The molecule has 1 fully saturated rings. The molecule has 5 nitrogen and oxygen atoms in total. The molecule has 3 heterocycles. The molecule has 1 aliphatic rings. The Morgan fingerprint density at radius 2 is 1.69 bits per heavy atom. The van der Waals surface area contributed by atoms with Crippen molar-refractivity contribution in [2.24, 2.45) is 0 Å².